The molecule has 9 heteroatoms. The van der Waals surface area contributed by atoms with E-state index in [1.807, 2.05) is 42.5 Å². The van der Waals surface area contributed by atoms with Gasteiger partial charge in [-0.15, -0.1) is 0 Å². The summed E-state index contributed by atoms with van der Waals surface area (Å²) >= 11 is 6.31. The molecule has 1 fully saturated rings. The average Bonchev–Trinajstić information content (AvgIpc) is 3.01. The van der Waals surface area contributed by atoms with Crippen molar-refractivity contribution in [1.29, 1.82) is 0 Å². The van der Waals surface area contributed by atoms with E-state index < -0.39 is 29.9 Å². The lowest BCUT2D eigenvalue weighted by atomic mass is 9.90. The molecule has 5 rings (SSSR count). The van der Waals surface area contributed by atoms with E-state index in [1.54, 1.807) is 19.1 Å². The molecule has 2 heterocycles. The van der Waals surface area contributed by atoms with E-state index in [9.17, 15) is 14.4 Å². The molecule has 2 N–H and O–H groups in total. The first-order valence-electron chi connectivity index (χ1n) is 11.3. The fourth-order valence-corrected chi connectivity index (χ4v) is 4.61. The van der Waals surface area contributed by atoms with Crippen molar-refractivity contribution < 1.29 is 23.9 Å². The molecule has 1 atom stereocenters. The van der Waals surface area contributed by atoms with Crippen molar-refractivity contribution in [3.63, 3.8) is 0 Å². The normalized spacial score (nSPS) is 19.4. The summed E-state index contributed by atoms with van der Waals surface area (Å²) < 4.78 is 11.3. The molecule has 180 valence electrons. The molecule has 3 aromatic rings. The third kappa shape index (κ3) is 4.37. The lowest BCUT2D eigenvalue weighted by Crippen LogP contribution is -2.43. The van der Waals surface area contributed by atoms with Gasteiger partial charge in [0.15, 0.2) is 11.5 Å². The number of hydrogen-bond acceptors (Lipinski definition) is 5. The smallest absolute Gasteiger partial charge is 0.325 e. The topological polar surface area (TPSA) is 97.0 Å². The second kappa shape index (κ2) is 9.11. The quantitative estimate of drug-likeness (QED) is 0.528. The number of benzene rings is 3. The SMILES string of the molecule is C[C@@]1(c2ccc3ccccc3c2)NC(=O)N(CC(=O)NCc2cc(Cl)c3c(c2)OCCCO3)C1=O. The van der Waals surface area contributed by atoms with Gasteiger partial charge in [0.1, 0.15) is 12.1 Å². The van der Waals surface area contributed by atoms with E-state index in [4.69, 9.17) is 21.1 Å². The maximum absolute atomic E-state index is 13.2. The van der Waals surface area contributed by atoms with Crippen LogP contribution in [0, 0.1) is 0 Å². The lowest BCUT2D eigenvalue weighted by Gasteiger charge is -2.22. The summed E-state index contributed by atoms with van der Waals surface area (Å²) in [5, 5.41) is 7.87. The van der Waals surface area contributed by atoms with Gasteiger partial charge in [0, 0.05) is 13.0 Å². The number of halogens is 1. The predicted octanol–water partition coefficient (Wildman–Crippen LogP) is 3.74. The second-order valence-corrected chi connectivity index (χ2v) is 9.15. The monoisotopic (exact) mass is 493 g/mol. The Morgan fingerprint density at radius 2 is 1.86 bits per heavy atom. The highest BCUT2D eigenvalue weighted by molar-refractivity contribution is 6.32. The highest BCUT2D eigenvalue weighted by Gasteiger charge is 2.49. The van der Waals surface area contributed by atoms with Crippen LogP contribution in [0.3, 0.4) is 0 Å². The number of amides is 4. The fraction of sp³-hybridized carbons (Fsp3) is 0.269. The molecule has 0 radical (unpaired) electrons. The van der Waals surface area contributed by atoms with Gasteiger partial charge in [-0.1, -0.05) is 48.0 Å². The lowest BCUT2D eigenvalue weighted by molar-refractivity contribution is -0.134. The van der Waals surface area contributed by atoms with Crippen LogP contribution < -0.4 is 20.1 Å². The van der Waals surface area contributed by atoms with Crippen molar-refractivity contribution in [2.24, 2.45) is 0 Å². The first-order chi connectivity index (χ1) is 16.8. The first-order valence-corrected chi connectivity index (χ1v) is 11.7. The molecule has 8 nitrogen and oxygen atoms in total. The van der Waals surface area contributed by atoms with Gasteiger partial charge in [-0.25, -0.2) is 4.79 Å². The zero-order valence-electron chi connectivity index (χ0n) is 19.1. The van der Waals surface area contributed by atoms with Crippen molar-refractivity contribution in [3.8, 4) is 11.5 Å². The van der Waals surface area contributed by atoms with Crippen molar-refractivity contribution in [2.75, 3.05) is 19.8 Å². The van der Waals surface area contributed by atoms with Crippen LogP contribution in [0.1, 0.15) is 24.5 Å². The third-order valence-electron chi connectivity index (χ3n) is 6.26. The number of hydrogen-bond donors (Lipinski definition) is 2. The molecule has 0 bridgehead atoms. The number of ether oxygens (including phenoxy) is 2. The molecule has 0 unspecified atom stereocenters. The Balaban J connectivity index is 1.26. The summed E-state index contributed by atoms with van der Waals surface area (Å²) in [6, 6.07) is 16.2. The van der Waals surface area contributed by atoms with Gasteiger partial charge >= 0.3 is 6.03 Å². The Hall–Kier alpha value is -3.78. The maximum atomic E-state index is 13.2. The summed E-state index contributed by atoms with van der Waals surface area (Å²) in [5.74, 6) is 0.0668. The van der Waals surface area contributed by atoms with Gasteiger partial charge in [0.05, 0.1) is 18.2 Å². The van der Waals surface area contributed by atoms with Gasteiger partial charge in [0.2, 0.25) is 5.91 Å². The molecule has 0 aromatic heterocycles. The van der Waals surface area contributed by atoms with Gasteiger partial charge in [-0.05, 0) is 47.0 Å². The van der Waals surface area contributed by atoms with Crippen LogP contribution in [0.4, 0.5) is 4.79 Å². The number of imide groups is 1. The summed E-state index contributed by atoms with van der Waals surface area (Å²) in [6.07, 6.45) is 0.751. The Bertz CT molecular complexity index is 1340. The van der Waals surface area contributed by atoms with Crippen molar-refractivity contribution in [1.82, 2.24) is 15.5 Å². The van der Waals surface area contributed by atoms with Crippen LogP contribution >= 0.6 is 11.6 Å². The third-order valence-corrected chi connectivity index (χ3v) is 6.54. The number of rotatable bonds is 5. The predicted molar refractivity (Wildman–Crippen MR) is 130 cm³/mol. The molecule has 1 saturated heterocycles. The van der Waals surface area contributed by atoms with Crippen LogP contribution in [-0.4, -0.2) is 42.5 Å². The van der Waals surface area contributed by atoms with Crippen LogP contribution in [0.15, 0.2) is 54.6 Å². The van der Waals surface area contributed by atoms with Gasteiger partial charge in [0.25, 0.3) is 5.91 Å². The summed E-state index contributed by atoms with van der Waals surface area (Å²) in [5.41, 5.74) is 0.105. The van der Waals surface area contributed by atoms with Gasteiger partial charge in [-0.2, -0.15) is 0 Å². The summed E-state index contributed by atoms with van der Waals surface area (Å²) in [4.78, 5) is 39.5. The number of fused-ring (bicyclic) bond motifs is 2. The average molecular weight is 494 g/mol. The molecule has 0 aliphatic carbocycles. The number of nitrogens with zero attached hydrogens (tertiary/aromatic N) is 1. The fourth-order valence-electron chi connectivity index (χ4n) is 4.32. The van der Waals surface area contributed by atoms with Crippen LogP contribution in [-0.2, 0) is 21.7 Å². The largest absolute Gasteiger partial charge is 0.489 e. The maximum Gasteiger partial charge on any atom is 0.325 e. The Labute approximate surface area is 207 Å². The summed E-state index contributed by atoms with van der Waals surface area (Å²) in [6.45, 7) is 2.44. The highest BCUT2D eigenvalue weighted by atomic mass is 35.5. The Morgan fingerprint density at radius 1 is 1.09 bits per heavy atom. The summed E-state index contributed by atoms with van der Waals surface area (Å²) in [7, 11) is 0. The number of nitrogens with one attached hydrogen (secondary N) is 2. The van der Waals surface area contributed by atoms with E-state index in [1.165, 1.54) is 0 Å². The molecule has 2 aliphatic rings. The molecule has 4 amide bonds. The van der Waals surface area contributed by atoms with Crippen molar-refractivity contribution in [2.45, 2.75) is 25.4 Å². The molecule has 35 heavy (non-hydrogen) atoms. The highest BCUT2D eigenvalue weighted by Crippen LogP contribution is 2.38. The Morgan fingerprint density at radius 3 is 2.69 bits per heavy atom. The van der Waals surface area contributed by atoms with E-state index in [0.717, 1.165) is 22.1 Å². The standard InChI is InChI=1S/C26H24ClN3O5/c1-26(19-8-7-17-5-2-3-6-18(17)13-19)24(32)30(25(33)29-26)15-22(31)28-14-16-11-20(27)23-21(12-16)34-9-4-10-35-23/h2-3,5-8,11-13H,4,9-10,14-15H2,1H3,(H,28,31)(H,29,33)/t26-/m0/s1. The van der Waals surface area contributed by atoms with Crippen LogP contribution in [0.2, 0.25) is 5.02 Å². The number of urea groups is 1. The van der Waals surface area contributed by atoms with E-state index >= 15 is 0 Å². The molecule has 3 aromatic carbocycles. The zero-order valence-corrected chi connectivity index (χ0v) is 19.9. The molecule has 2 aliphatic heterocycles. The minimum absolute atomic E-state index is 0.154. The number of carbonyl (C=O) groups is 3. The molecule has 0 saturated carbocycles. The minimum atomic E-state index is -1.26. The van der Waals surface area contributed by atoms with Gasteiger partial charge in [-0.3, -0.25) is 14.5 Å². The van der Waals surface area contributed by atoms with Crippen molar-refractivity contribution in [3.05, 3.63) is 70.7 Å². The molecular weight excluding hydrogens is 470 g/mol. The van der Waals surface area contributed by atoms with E-state index in [0.29, 0.717) is 40.9 Å². The second-order valence-electron chi connectivity index (χ2n) is 8.74. The van der Waals surface area contributed by atoms with E-state index in [2.05, 4.69) is 10.6 Å². The zero-order chi connectivity index (χ0) is 24.6. The molecular formula is C26H24ClN3O5. The van der Waals surface area contributed by atoms with Crippen molar-refractivity contribution >= 4 is 40.2 Å². The van der Waals surface area contributed by atoms with Crippen LogP contribution in [0.5, 0.6) is 11.5 Å². The van der Waals surface area contributed by atoms with Gasteiger partial charge < -0.3 is 20.1 Å². The number of carbonyl (C=O) groups excluding carboxylic acids is 3. The minimum Gasteiger partial charge on any atom is -0.489 e. The Kier molecular flexibility index (Phi) is 5.98. The van der Waals surface area contributed by atoms with E-state index in [-0.39, 0.29) is 6.54 Å². The van der Waals surface area contributed by atoms with Crippen LogP contribution in [0.25, 0.3) is 10.8 Å². The first kappa shape index (κ1) is 23.0. The molecule has 0 spiro atoms.